The molecule has 1 aliphatic rings. The van der Waals surface area contributed by atoms with Crippen molar-refractivity contribution < 1.29 is 22.7 Å². The summed E-state index contributed by atoms with van der Waals surface area (Å²) < 4.78 is 33.5. The predicted molar refractivity (Wildman–Crippen MR) is 157 cm³/mol. The maximum absolute atomic E-state index is 14.0. The lowest BCUT2D eigenvalue weighted by Gasteiger charge is -2.27. The van der Waals surface area contributed by atoms with Crippen LogP contribution in [-0.4, -0.2) is 67.2 Å². The van der Waals surface area contributed by atoms with Gasteiger partial charge in [-0.3, -0.25) is 14.6 Å². The van der Waals surface area contributed by atoms with E-state index in [2.05, 4.69) is 38.0 Å². The summed E-state index contributed by atoms with van der Waals surface area (Å²) in [5.41, 5.74) is 1.20. The van der Waals surface area contributed by atoms with Crippen LogP contribution in [0.2, 0.25) is 0 Å². The van der Waals surface area contributed by atoms with Gasteiger partial charge in [0.05, 0.1) is 31.0 Å². The monoisotopic (exact) mass is 649 g/mol. The molecule has 10 nitrogen and oxygen atoms in total. The quantitative estimate of drug-likeness (QED) is 0.316. The maximum Gasteiger partial charge on any atom is 0.303 e. The van der Waals surface area contributed by atoms with Crippen LogP contribution >= 0.6 is 27.3 Å². The number of carbonyl (C=O) groups is 2. The van der Waals surface area contributed by atoms with Gasteiger partial charge in [0.2, 0.25) is 5.91 Å². The molecular weight excluding hydrogens is 618 g/mol. The molecule has 1 aliphatic carbocycles. The van der Waals surface area contributed by atoms with Crippen LogP contribution in [0.4, 0.5) is 0 Å². The van der Waals surface area contributed by atoms with Gasteiger partial charge in [-0.1, -0.05) is 28.1 Å². The molecule has 0 unspecified atom stereocenters. The summed E-state index contributed by atoms with van der Waals surface area (Å²) in [4.78, 5) is 38.1. The number of aryl methyl sites for hydroxylation is 2. The molecule has 0 saturated heterocycles. The minimum atomic E-state index is -3.96. The normalized spacial score (nSPS) is 14.2. The topological polar surface area (TPSA) is 122 Å². The van der Waals surface area contributed by atoms with Crippen molar-refractivity contribution in [1.82, 2.24) is 23.9 Å². The van der Waals surface area contributed by atoms with Crippen LogP contribution in [-0.2, 0) is 33.4 Å². The number of pyridine rings is 1. The van der Waals surface area contributed by atoms with Crippen LogP contribution in [0, 0.1) is 6.92 Å². The van der Waals surface area contributed by atoms with Crippen LogP contribution in [0.3, 0.4) is 0 Å². The van der Waals surface area contributed by atoms with Gasteiger partial charge in [0.15, 0.2) is 0 Å². The fraction of sp³-hybridized carbons (Fsp3) is 0.407. The lowest BCUT2D eigenvalue weighted by atomic mass is 9.99. The molecule has 214 valence electrons. The zero-order valence-corrected chi connectivity index (χ0v) is 26.0. The van der Waals surface area contributed by atoms with Gasteiger partial charge in [-0.15, -0.1) is 11.3 Å². The molecule has 2 aromatic heterocycles. The van der Waals surface area contributed by atoms with Crippen molar-refractivity contribution in [3.63, 3.8) is 0 Å². The van der Waals surface area contributed by atoms with E-state index < -0.39 is 21.5 Å². The third kappa shape index (κ3) is 6.88. The number of nitrogens with one attached hydrogen (secondary N) is 1. The summed E-state index contributed by atoms with van der Waals surface area (Å²) in [6.07, 6.45) is 4.52. The number of rotatable bonds is 12. The fourth-order valence-corrected chi connectivity index (χ4v) is 6.27. The van der Waals surface area contributed by atoms with E-state index in [9.17, 15) is 18.0 Å². The Morgan fingerprint density at radius 1 is 1.20 bits per heavy atom. The van der Waals surface area contributed by atoms with Crippen molar-refractivity contribution in [3.8, 4) is 5.75 Å². The number of hydrogen-bond acceptors (Lipinski definition) is 8. The molecule has 0 radical (unpaired) electrons. The zero-order valence-electron chi connectivity index (χ0n) is 22.8. The first-order valence-corrected chi connectivity index (χ1v) is 15.8. The van der Waals surface area contributed by atoms with Crippen molar-refractivity contribution in [3.05, 3.63) is 73.9 Å². The van der Waals surface area contributed by atoms with E-state index in [1.54, 1.807) is 25.1 Å². The number of carbonyl (C=O) groups excluding carboxylic acids is 2. The molecule has 0 spiro atoms. The van der Waals surface area contributed by atoms with E-state index in [4.69, 9.17) is 4.74 Å². The number of amides is 2. The van der Waals surface area contributed by atoms with E-state index in [0.717, 1.165) is 27.2 Å². The molecule has 1 saturated carbocycles. The Hall–Kier alpha value is -2.87. The van der Waals surface area contributed by atoms with Crippen LogP contribution in [0.25, 0.3) is 0 Å². The van der Waals surface area contributed by atoms with Gasteiger partial charge < -0.3 is 9.64 Å². The van der Waals surface area contributed by atoms with Crippen molar-refractivity contribution in [2.45, 2.75) is 44.6 Å². The van der Waals surface area contributed by atoms with E-state index >= 15 is 0 Å². The van der Waals surface area contributed by atoms with Crippen molar-refractivity contribution in [1.29, 1.82) is 0 Å². The van der Waals surface area contributed by atoms with Crippen molar-refractivity contribution in [2.75, 3.05) is 27.7 Å². The lowest BCUT2D eigenvalue weighted by molar-refractivity contribution is -0.134. The van der Waals surface area contributed by atoms with E-state index in [1.165, 1.54) is 25.4 Å². The molecule has 1 N–H and O–H groups in total. The Morgan fingerprint density at radius 2 is 1.95 bits per heavy atom. The Balaban J connectivity index is 1.56. The summed E-state index contributed by atoms with van der Waals surface area (Å²) in [7, 11) is 0.271. The molecule has 4 rings (SSSR count). The number of ether oxygens (including phenoxy) is 1. The molecule has 3 aromatic rings. The van der Waals surface area contributed by atoms with E-state index in [1.807, 2.05) is 29.0 Å². The Morgan fingerprint density at radius 3 is 2.55 bits per heavy atom. The first-order valence-electron chi connectivity index (χ1n) is 12.7. The van der Waals surface area contributed by atoms with Gasteiger partial charge in [0.25, 0.3) is 5.91 Å². The molecule has 2 heterocycles. The van der Waals surface area contributed by atoms with Crippen LogP contribution in [0.15, 0.2) is 47.1 Å². The predicted octanol–water partition coefficient (Wildman–Crippen LogP) is 3.85. The van der Waals surface area contributed by atoms with Crippen LogP contribution < -0.4 is 9.46 Å². The number of benzene rings is 1. The highest BCUT2D eigenvalue weighted by Gasteiger charge is 2.54. The molecule has 1 aromatic carbocycles. The van der Waals surface area contributed by atoms with Gasteiger partial charge in [0.1, 0.15) is 16.5 Å². The summed E-state index contributed by atoms with van der Waals surface area (Å²) in [6.45, 7) is 2.40. The minimum Gasteiger partial charge on any atom is -0.495 e. The first kappa shape index (κ1) is 30.1. The highest BCUT2D eigenvalue weighted by molar-refractivity contribution is 9.10. The number of thiazole rings is 1. The van der Waals surface area contributed by atoms with Gasteiger partial charge in [-0.2, -0.15) is 12.7 Å². The Kier molecular flexibility index (Phi) is 9.28. The average Bonchev–Trinajstić information content (AvgIpc) is 3.64. The summed E-state index contributed by atoms with van der Waals surface area (Å²) in [6, 6.07) is 11.7. The third-order valence-electron chi connectivity index (χ3n) is 6.78. The van der Waals surface area contributed by atoms with Crippen molar-refractivity contribution in [2.24, 2.45) is 0 Å². The fourth-order valence-electron chi connectivity index (χ4n) is 4.36. The standard InChI is InChI=1S/C27H32BrN5O5S2/c1-18-24(25(34)31-40(36,37)32(2)3)30-23(39-18)17-33(14-6-8-19-7-5-9-20(28)15-19)26(35)27(12-13-27)22-11-10-21(38-4)16-29-22/h5,7,9-11,15-16H,6,8,12-14,17H2,1-4H3,(H,31,34). The molecular formula is C27H32BrN5O5S2. The number of halogens is 1. The molecule has 13 heteroatoms. The Bertz CT molecular complexity index is 1490. The van der Waals surface area contributed by atoms with Crippen LogP contribution in [0.1, 0.15) is 50.9 Å². The molecule has 0 aliphatic heterocycles. The van der Waals surface area contributed by atoms with Gasteiger partial charge in [0, 0.05) is 30.0 Å². The molecule has 2 amide bonds. The highest BCUT2D eigenvalue weighted by atomic mass is 79.9. The highest BCUT2D eigenvalue weighted by Crippen LogP contribution is 2.49. The number of methoxy groups -OCH3 is 1. The maximum atomic E-state index is 14.0. The second-order valence-corrected chi connectivity index (χ2v) is 13.9. The smallest absolute Gasteiger partial charge is 0.303 e. The SMILES string of the molecule is COc1ccc(C2(C(=O)N(CCCc3cccc(Br)c3)Cc3nc(C(=O)NS(=O)(=O)N(C)C)c(C)s3)CC2)nc1. The summed E-state index contributed by atoms with van der Waals surface area (Å²) in [5.74, 6) is -0.214. The molecule has 0 bridgehead atoms. The van der Waals surface area contributed by atoms with E-state index in [-0.39, 0.29) is 18.1 Å². The number of aromatic nitrogens is 2. The molecule has 40 heavy (non-hydrogen) atoms. The summed E-state index contributed by atoms with van der Waals surface area (Å²) >= 11 is 4.78. The van der Waals surface area contributed by atoms with E-state index in [0.29, 0.717) is 40.7 Å². The van der Waals surface area contributed by atoms with Gasteiger partial charge in [-0.05, 0) is 62.4 Å². The molecule has 1 fully saturated rings. The van der Waals surface area contributed by atoms with Gasteiger partial charge in [-0.25, -0.2) is 9.71 Å². The number of nitrogens with zero attached hydrogens (tertiary/aromatic N) is 4. The summed E-state index contributed by atoms with van der Waals surface area (Å²) in [5, 5.41) is 0.555. The second-order valence-electron chi connectivity index (χ2n) is 9.86. The second kappa shape index (κ2) is 12.3. The molecule has 0 atom stereocenters. The third-order valence-corrected chi connectivity index (χ3v) is 9.63. The zero-order chi connectivity index (χ0) is 29.1. The largest absolute Gasteiger partial charge is 0.495 e. The number of hydrogen-bond donors (Lipinski definition) is 1. The Labute approximate surface area is 247 Å². The minimum absolute atomic E-state index is 0.0323. The van der Waals surface area contributed by atoms with Gasteiger partial charge >= 0.3 is 10.2 Å². The lowest BCUT2D eigenvalue weighted by Crippen LogP contribution is -2.40. The van der Waals surface area contributed by atoms with Crippen LogP contribution in [0.5, 0.6) is 5.75 Å². The first-order chi connectivity index (χ1) is 18.9. The average molecular weight is 651 g/mol. The van der Waals surface area contributed by atoms with Crippen molar-refractivity contribution >= 4 is 49.3 Å².